The Balaban J connectivity index is 1.99. The number of phenols is 3. The molecule has 4 rings (SSSR count). The molecule has 9 nitrogen and oxygen atoms in total. The summed E-state index contributed by atoms with van der Waals surface area (Å²) >= 11 is 0. The van der Waals surface area contributed by atoms with Crippen LogP contribution < -0.4 is 17.1 Å². The van der Waals surface area contributed by atoms with Gasteiger partial charge in [0.05, 0.1) is 19.6 Å². The number of aromatic hydroxyl groups is 3. The van der Waals surface area contributed by atoms with Crippen molar-refractivity contribution in [2.24, 2.45) is 0 Å². The van der Waals surface area contributed by atoms with Crippen LogP contribution in [0.15, 0.2) is 50.8 Å². The highest BCUT2D eigenvalue weighted by molar-refractivity contribution is 5.47. The van der Waals surface area contributed by atoms with Gasteiger partial charge in [-0.2, -0.15) is 0 Å². The van der Waals surface area contributed by atoms with Crippen molar-refractivity contribution in [1.82, 2.24) is 13.7 Å². The minimum atomic E-state index is -0.708. The molecule has 2 unspecified atom stereocenters. The van der Waals surface area contributed by atoms with Gasteiger partial charge in [-0.3, -0.25) is 0 Å². The molecule has 312 valence electrons. The normalized spacial score (nSPS) is 12.6. The van der Waals surface area contributed by atoms with Crippen LogP contribution in [0.5, 0.6) is 17.2 Å². The van der Waals surface area contributed by atoms with Crippen LogP contribution in [0, 0.1) is 0 Å². The number of hydrogen-bond acceptors (Lipinski definition) is 6. The number of aromatic nitrogens is 3. The van der Waals surface area contributed by atoms with E-state index in [2.05, 4.69) is 55.4 Å². The second-order valence-corrected chi connectivity index (χ2v) is 16.3. The molecule has 1 aromatic heterocycles. The first-order chi connectivity index (χ1) is 27.3. The third kappa shape index (κ3) is 10.9. The van der Waals surface area contributed by atoms with Gasteiger partial charge in [0.15, 0.2) is 0 Å². The van der Waals surface area contributed by atoms with E-state index in [1.165, 1.54) is 0 Å². The Morgan fingerprint density at radius 2 is 0.702 bits per heavy atom. The number of nitrogens with zero attached hydrogens (tertiary/aromatic N) is 3. The fraction of sp³-hybridized carbons (Fsp3) is 0.562. The minimum absolute atomic E-state index is 0.0575. The number of unbranched alkanes of at least 4 members (excludes halogenated alkanes) is 4. The molecule has 4 aromatic rings. The molecule has 0 saturated heterocycles. The monoisotopic (exact) mass is 784 g/mol. The molecule has 3 N–H and O–H groups in total. The average molecular weight is 784 g/mol. The fourth-order valence-electron chi connectivity index (χ4n) is 7.74. The molecule has 2 atom stereocenters. The van der Waals surface area contributed by atoms with Crippen molar-refractivity contribution in [3.63, 3.8) is 0 Å². The molecule has 9 heteroatoms. The van der Waals surface area contributed by atoms with Crippen molar-refractivity contribution >= 4 is 0 Å². The second-order valence-electron chi connectivity index (χ2n) is 16.3. The lowest BCUT2D eigenvalue weighted by atomic mass is 9.91. The van der Waals surface area contributed by atoms with Crippen molar-refractivity contribution in [3.05, 3.63) is 118 Å². The molecule has 0 fully saturated rings. The first-order valence-corrected chi connectivity index (χ1v) is 21.8. The quantitative estimate of drug-likeness (QED) is 0.0729. The summed E-state index contributed by atoms with van der Waals surface area (Å²) in [4.78, 5) is 43.8. The third-order valence-corrected chi connectivity index (χ3v) is 11.8. The molecule has 0 saturated carbocycles. The molecular formula is C48H69N3O6. The summed E-state index contributed by atoms with van der Waals surface area (Å²) < 4.78 is 3.47. The Hall–Kier alpha value is -4.53. The Morgan fingerprint density at radius 1 is 0.439 bits per heavy atom. The zero-order valence-corrected chi connectivity index (χ0v) is 36.0. The summed E-state index contributed by atoms with van der Waals surface area (Å²) in [5, 5.41) is 33.8. The second kappa shape index (κ2) is 21.3. The minimum Gasteiger partial charge on any atom is -0.507 e. The van der Waals surface area contributed by atoms with Crippen molar-refractivity contribution < 1.29 is 15.3 Å². The van der Waals surface area contributed by atoms with Crippen LogP contribution >= 0.6 is 0 Å². The first-order valence-electron chi connectivity index (χ1n) is 21.8. The van der Waals surface area contributed by atoms with Crippen molar-refractivity contribution in [3.8, 4) is 17.2 Å². The van der Waals surface area contributed by atoms with E-state index in [9.17, 15) is 29.7 Å². The summed E-state index contributed by atoms with van der Waals surface area (Å²) in [5.41, 5.74) is 4.76. The van der Waals surface area contributed by atoms with Crippen LogP contribution in [-0.4, -0.2) is 29.0 Å². The highest BCUT2D eigenvalue weighted by Gasteiger charge is 2.22. The average Bonchev–Trinajstić information content (AvgIpc) is 3.21. The fourth-order valence-corrected chi connectivity index (χ4v) is 7.74. The van der Waals surface area contributed by atoms with E-state index in [1.807, 2.05) is 36.4 Å². The lowest BCUT2D eigenvalue weighted by Crippen LogP contribution is -2.54. The first kappa shape index (κ1) is 45.2. The van der Waals surface area contributed by atoms with Crippen LogP contribution in [-0.2, 0) is 45.3 Å². The van der Waals surface area contributed by atoms with Crippen molar-refractivity contribution in [2.75, 3.05) is 0 Å². The number of hydrogen-bond donors (Lipinski definition) is 3. The Kier molecular flexibility index (Phi) is 16.9. The number of aryl methyl sites for hydroxylation is 4. The molecule has 0 aliphatic carbocycles. The molecular weight excluding hydrogens is 715 g/mol. The van der Waals surface area contributed by atoms with Crippen LogP contribution in [0.2, 0.25) is 0 Å². The predicted molar refractivity (Wildman–Crippen MR) is 233 cm³/mol. The van der Waals surface area contributed by atoms with E-state index in [-0.39, 0.29) is 48.7 Å². The summed E-state index contributed by atoms with van der Waals surface area (Å²) in [6, 6.07) is 11.3. The van der Waals surface area contributed by atoms with E-state index in [4.69, 9.17) is 0 Å². The van der Waals surface area contributed by atoms with Crippen LogP contribution in [0.25, 0.3) is 0 Å². The molecule has 0 aliphatic heterocycles. The highest BCUT2D eigenvalue weighted by Crippen LogP contribution is 2.35. The van der Waals surface area contributed by atoms with Gasteiger partial charge in [-0.05, 0) is 126 Å². The van der Waals surface area contributed by atoms with E-state index in [0.29, 0.717) is 36.8 Å². The topological polar surface area (TPSA) is 127 Å². The lowest BCUT2D eigenvalue weighted by molar-refractivity contribution is 0.452. The van der Waals surface area contributed by atoms with E-state index in [0.717, 1.165) is 117 Å². The summed E-state index contributed by atoms with van der Waals surface area (Å²) in [6.07, 6.45) is 11.6. The number of phenolic OH excluding ortho intramolecular Hbond substituents is 3. The van der Waals surface area contributed by atoms with E-state index < -0.39 is 17.1 Å². The molecule has 57 heavy (non-hydrogen) atoms. The van der Waals surface area contributed by atoms with Gasteiger partial charge in [-0.25, -0.2) is 28.1 Å². The molecule has 3 aromatic carbocycles. The Bertz CT molecular complexity index is 2000. The highest BCUT2D eigenvalue weighted by atomic mass is 16.3. The maximum Gasteiger partial charge on any atom is 0.336 e. The smallest absolute Gasteiger partial charge is 0.336 e. The number of benzene rings is 3. The predicted octanol–water partition coefficient (Wildman–Crippen LogP) is 9.83. The van der Waals surface area contributed by atoms with Gasteiger partial charge in [-0.15, -0.1) is 0 Å². The molecule has 0 amide bonds. The number of rotatable bonds is 22. The zero-order valence-electron chi connectivity index (χ0n) is 36.0. The van der Waals surface area contributed by atoms with Crippen LogP contribution in [0.3, 0.4) is 0 Å². The van der Waals surface area contributed by atoms with Crippen molar-refractivity contribution in [2.45, 2.75) is 177 Å². The molecule has 0 aliphatic rings. The summed E-state index contributed by atoms with van der Waals surface area (Å²) in [6.45, 7) is 16.4. The van der Waals surface area contributed by atoms with E-state index in [1.54, 1.807) is 0 Å². The molecule has 0 bridgehead atoms. The van der Waals surface area contributed by atoms with Gasteiger partial charge in [0, 0.05) is 0 Å². The van der Waals surface area contributed by atoms with Gasteiger partial charge in [0.2, 0.25) is 0 Å². The van der Waals surface area contributed by atoms with Gasteiger partial charge in [-0.1, -0.05) is 117 Å². The lowest BCUT2D eigenvalue weighted by Gasteiger charge is -2.20. The molecule has 1 heterocycles. The largest absolute Gasteiger partial charge is 0.507 e. The summed E-state index contributed by atoms with van der Waals surface area (Å²) in [5.74, 6) is 0.931. The Morgan fingerprint density at radius 3 is 0.965 bits per heavy atom. The summed E-state index contributed by atoms with van der Waals surface area (Å²) in [7, 11) is 0. The molecule has 0 spiro atoms. The van der Waals surface area contributed by atoms with E-state index >= 15 is 0 Å². The van der Waals surface area contributed by atoms with Crippen molar-refractivity contribution in [1.29, 1.82) is 0 Å². The van der Waals surface area contributed by atoms with Crippen LogP contribution in [0.4, 0.5) is 0 Å². The third-order valence-electron chi connectivity index (χ3n) is 11.8. The van der Waals surface area contributed by atoms with Gasteiger partial charge >= 0.3 is 17.1 Å². The molecule has 0 radical (unpaired) electrons. The maximum atomic E-state index is 14.6. The zero-order chi connectivity index (χ0) is 41.8. The Labute approximate surface area is 340 Å². The van der Waals surface area contributed by atoms with Crippen LogP contribution in [0.1, 0.15) is 182 Å². The maximum absolute atomic E-state index is 14.6. The van der Waals surface area contributed by atoms with Gasteiger partial charge in [0.1, 0.15) is 17.2 Å². The van der Waals surface area contributed by atoms with Gasteiger partial charge < -0.3 is 15.3 Å². The van der Waals surface area contributed by atoms with Gasteiger partial charge in [0.25, 0.3) is 0 Å². The SMILES string of the molecule is CCCCc1cc(Cn2c(=O)n(Cc3cc(CCCC)c(O)c(C(C)CC)c3)c(=O)n(Cc3cc(CCCC)c(O)c(C(C)CC)c3)c2=O)cc(CCCC)c1O. The standard InChI is InChI=1S/C48H69N3O6/c1-9-15-19-37-23-34(24-38(43(37)52)20-16-10-2)29-49-46(55)50(30-35-25-39(21-17-11-3)44(53)41(27-35)32(7)13-5)48(57)51(47(49)56)31-36-26-40(22-18-12-4)45(54)42(28-36)33(8)14-6/h23-28,32-33,52-54H,9-22,29-31H2,1-8H3.